The molecule has 0 amide bonds. The molecule has 2 aromatic heterocycles. The SMILES string of the molecule is Ic1cccc2c(-c3nnc4c5ccccc5ccn34)cccc12. The maximum Gasteiger partial charge on any atom is 0.168 e. The minimum Gasteiger partial charge on any atom is -0.282 e. The number of aromatic nitrogens is 3. The number of rotatable bonds is 1. The molecule has 0 aliphatic rings. The van der Waals surface area contributed by atoms with Crippen LogP contribution < -0.4 is 0 Å². The van der Waals surface area contributed by atoms with E-state index in [0.29, 0.717) is 0 Å². The van der Waals surface area contributed by atoms with Crippen LogP contribution in [0.4, 0.5) is 0 Å². The number of fused-ring (bicyclic) bond motifs is 4. The van der Waals surface area contributed by atoms with Crippen molar-refractivity contribution in [2.45, 2.75) is 0 Å². The Labute approximate surface area is 152 Å². The zero-order valence-corrected chi connectivity index (χ0v) is 14.8. The Morgan fingerprint density at radius 3 is 2.46 bits per heavy atom. The van der Waals surface area contributed by atoms with Gasteiger partial charge in [-0.2, -0.15) is 0 Å². The number of nitrogens with zero attached hydrogens (tertiary/aromatic N) is 3. The van der Waals surface area contributed by atoms with Gasteiger partial charge in [0, 0.05) is 20.7 Å². The van der Waals surface area contributed by atoms with Crippen LogP contribution in [0.1, 0.15) is 0 Å². The van der Waals surface area contributed by atoms with E-state index < -0.39 is 0 Å². The molecular formula is C20H12IN3. The molecule has 0 fully saturated rings. The van der Waals surface area contributed by atoms with Crippen molar-refractivity contribution in [2.24, 2.45) is 0 Å². The Hall–Kier alpha value is -2.47. The molecular weight excluding hydrogens is 409 g/mol. The van der Waals surface area contributed by atoms with E-state index in [9.17, 15) is 0 Å². The molecule has 0 aliphatic carbocycles. The molecule has 0 N–H and O–H groups in total. The number of halogens is 1. The smallest absolute Gasteiger partial charge is 0.168 e. The van der Waals surface area contributed by atoms with Crippen molar-refractivity contribution in [3.63, 3.8) is 0 Å². The summed E-state index contributed by atoms with van der Waals surface area (Å²) in [7, 11) is 0. The van der Waals surface area contributed by atoms with Crippen LogP contribution >= 0.6 is 22.6 Å². The molecule has 0 atom stereocenters. The molecule has 3 nitrogen and oxygen atoms in total. The summed E-state index contributed by atoms with van der Waals surface area (Å²) < 4.78 is 3.32. The summed E-state index contributed by atoms with van der Waals surface area (Å²) in [6, 6.07) is 23.1. The predicted molar refractivity (Wildman–Crippen MR) is 106 cm³/mol. The molecule has 0 spiro atoms. The zero-order valence-electron chi connectivity index (χ0n) is 12.6. The predicted octanol–water partition coefficient (Wildman–Crippen LogP) is 5.31. The molecule has 24 heavy (non-hydrogen) atoms. The second-order valence-electron chi connectivity index (χ2n) is 5.76. The van der Waals surface area contributed by atoms with E-state index in [0.717, 1.165) is 22.4 Å². The second kappa shape index (κ2) is 5.27. The van der Waals surface area contributed by atoms with Gasteiger partial charge in [-0.05, 0) is 50.9 Å². The fraction of sp³-hybridized carbons (Fsp3) is 0. The van der Waals surface area contributed by atoms with E-state index in [1.54, 1.807) is 0 Å². The van der Waals surface area contributed by atoms with Crippen LogP contribution in [0.15, 0.2) is 72.9 Å². The summed E-state index contributed by atoms with van der Waals surface area (Å²) in [5.41, 5.74) is 2.00. The van der Waals surface area contributed by atoms with E-state index in [1.165, 1.54) is 19.7 Å². The van der Waals surface area contributed by atoms with E-state index in [2.05, 4.69) is 98.0 Å². The lowest BCUT2D eigenvalue weighted by Gasteiger charge is -2.07. The van der Waals surface area contributed by atoms with Crippen LogP contribution in [0.5, 0.6) is 0 Å². The standard InChI is InChI=1S/C20H12IN3/c21-18-10-4-7-15-16(18)8-3-9-17(15)20-23-22-19-14-6-2-1-5-13(14)11-12-24(19)20/h1-12H. The van der Waals surface area contributed by atoms with Gasteiger partial charge >= 0.3 is 0 Å². The first-order chi connectivity index (χ1) is 11.8. The van der Waals surface area contributed by atoms with Crippen molar-refractivity contribution in [1.82, 2.24) is 14.6 Å². The molecule has 5 rings (SSSR count). The number of pyridine rings is 1. The number of benzene rings is 3. The molecule has 114 valence electrons. The highest BCUT2D eigenvalue weighted by Gasteiger charge is 2.13. The Morgan fingerprint density at radius 1 is 0.708 bits per heavy atom. The van der Waals surface area contributed by atoms with Crippen LogP contribution in [0.2, 0.25) is 0 Å². The van der Waals surface area contributed by atoms with Gasteiger partial charge in [0.1, 0.15) is 0 Å². The highest BCUT2D eigenvalue weighted by Crippen LogP contribution is 2.31. The quantitative estimate of drug-likeness (QED) is 0.344. The maximum atomic E-state index is 4.51. The second-order valence-corrected chi connectivity index (χ2v) is 6.92. The van der Waals surface area contributed by atoms with Crippen LogP contribution in [0.25, 0.3) is 38.6 Å². The third kappa shape index (κ3) is 1.96. The van der Waals surface area contributed by atoms with Crippen LogP contribution in [-0.2, 0) is 0 Å². The molecule has 5 aromatic rings. The van der Waals surface area contributed by atoms with Gasteiger partial charge in [-0.3, -0.25) is 4.40 Å². The van der Waals surface area contributed by atoms with Gasteiger partial charge in [0.25, 0.3) is 0 Å². The van der Waals surface area contributed by atoms with Gasteiger partial charge in [-0.1, -0.05) is 54.6 Å². The molecule has 0 radical (unpaired) electrons. The lowest BCUT2D eigenvalue weighted by atomic mass is 10.0. The van der Waals surface area contributed by atoms with Crippen molar-refractivity contribution >= 4 is 49.8 Å². The normalized spacial score (nSPS) is 11.5. The van der Waals surface area contributed by atoms with Crippen molar-refractivity contribution in [3.8, 4) is 11.4 Å². The van der Waals surface area contributed by atoms with Crippen molar-refractivity contribution in [2.75, 3.05) is 0 Å². The van der Waals surface area contributed by atoms with Gasteiger partial charge in [-0.15, -0.1) is 10.2 Å². The summed E-state index contributed by atoms with van der Waals surface area (Å²) in [5.74, 6) is 0.878. The minimum atomic E-state index is 0.878. The Bertz CT molecular complexity index is 1220. The van der Waals surface area contributed by atoms with Gasteiger partial charge in [-0.25, -0.2) is 0 Å². The maximum absolute atomic E-state index is 4.51. The lowest BCUT2D eigenvalue weighted by molar-refractivity contribution is 1.11. The summed E-state index contributed by atoms with van der Waals surface area (Å²) >= 11 is 2.38. The van der Waals surface area contributed by atoms with E-state index in [1.807, 2.05) is 12.1 Å². The Balaban J connectivity index is 1.88. The first-order valence-corrected chi connectivity index (χ1v) is 8.81. The largest absolute Gasteiger partial charge is 0.282 e. The average molecular weight is 421 g/mol. The van der Waals surface area contributed by atoms with Gasteiger partial charge in [0.15, 0.2) is 11.5 Å². The first kappa shape index (κ1) is 13.9. The topological polar surface area (TPSA) is 30.2 Å². The third-order valence-corrected chi connectivity index (χ3v) is 5.35. The van der Waals surface area contributed by atoms with Crippen molar-refractivity contribution in [3.05, 3.63) is 76.5 Å². The van der Waals surface area contributed by atoms with Gasteiger partial charge in [0.2, 0.25) is 0 Å². The molecule has 0 bridgehead atoms. The summed E-state index contributed by atoms with van der Waals surface area (Å²) in [4.78, 5) is 0. The number of hydrogen-bond acceptors (Lipinski definition) is 2. The van der Waals surface area contributed by atoms with E-state index in [4.69, 9.17) is 0 Å². The Kier molecular flexibility index (Phi) is 3.06. The summed E-state index contributed by atoms with van der Waals surface area (Å²) in [6.07, 6.45) is 2.06. The molecule has 3 aromatic carbocycles. The highest BCUT2D eigenvalue weighted by atomic mass is 127. The fourth-order valence-electron chi connectivity index (χ4n) is 3.27. The molecule has 0 saturated carbocycles. The fourth-order valence-corrected chi connectivity index (χ4v) is 3.95. The Morgan fingerprint density at radius 2 is 1.50 bits per heavy atom. The summed E-state index contributed by atoms with van der Waals surface area (Å²) in [6.45, 7) is 0. The van der Waals surface area contributed by atoms with E-state index >= 15 is 0 Å². The zero-order chi connectivity index (χ0) is 16.1. The highest BCUT2D eigenvalue weighted by molar-refractivity contribution is 14.1. The van der Waals surface area contributed by atoms with Crippen molar-refractivity contribution < 1.29 is 0 Å². The van der Waals surface area contributed by atoms with Crippen LogP contribution in [-0.4, -0.2) is 14.6 Å². The van der Waals surface area contributed by atoms with Gasteiger partial charge < -0.3 is 0 Å². The average Bonchev–Trinajstić information content (AvgIpc) is 3.06. The molecule has 0 aliphatic heterocycles. The first-order valence-electron chi connectivity index (χ1n) is 7.73. The lowest BCUT2D eigenvalue weighted by Crippen LogP contribution is -1.91. The van der Waals surface area contributed by atoms with Gasteiger partial charge in [0.05, 0.1) is 0 Å². The molecule has 0 saturated heterocycles. The molecule has 0 unspecified atom stereocenters. The molecule has 2 heterocycles. The van der Waals surface area contributed by atoms with E-state index in [-0.39, 0.29) is 0 Å². The number of hydrogen-bond donors (Lipinski definition) is 0. The van der Waals surface area contributed by atoms with Crippen molar-refractivity contribution in [1.29, 1.82) is 0 Å². The third-order valence-electron chi connectivity index (χ3n) is 4.41. The minimum absolute atomic E-state index is 0.878. The monoisotopic (exact) mass is 421 g/mol. The summed E-state index contributed by atoms with van der Waals surface area (Å²) in [5, 5.41) is 13.7. The molecule has 4 heteroatoms. The van der Waals surface area contributed by atoms with Crippen LogP contribution in [0, 0.1) is 3.57 Å². The van der Waals surface area contributed by atoms with Crippen LogP contribution in [0.3, 0.4) is 0 Å².